The first-order chi connectivity index (χ1) is 43.5. The topological polar surface area (TPSA) is 95.9 Å². The summed E-state index contributed by atoms with van der Waals surface area (Å²) in [5.41, 5.74) is 0. The molecule has 6 heteroatoms. The van der Waals surface area contributed by atoms with E-state index in [9.17, 15) is 19.8 Å². The maximum Gasteiger partial charge on any atom is 0.305 e. The van der Waals surface area contributed by atoms with Crippen LogP contribution in [0, 0.1) is 0 Å². The molecule has 0 aromatic heterocycles. The molecule has 0 saturated carbocycles. The van der Waals surface area contributed by atoms with E-state index in [0.29, 0.717) is 25.9 Å². The fourth-order valence-electron chi connectivity index (χ4n) is 13.0. The number of ether oxygens (including phenoxy) is 1. The van der Waals surface area contributed by atoms with E-state index in [1.165, 1.54) is 385 Å². The number of unbranched alkanes of at least 4 members (excludes halogenated alkanes) is 62. The predicted octanol–water partition coefficient (Wildman–Crippen LogP) is 26.8. The summed E-state index contributed by atoms with van der Waals surface area (Å²) in [6.45, 7) is 5.00. The van der Waals surface area contributed by atoms with Crippen LogP contribution in [0.3, 0.4) is 0 Å². The average molecular weight is 1240 g/mol. The Balaban J connectivity index is 3.36. The summed E-state index contributed by atoms with van der Waals surface area (Å²) in [5, 5.41) is 23.5. The molecule has 2 atom stereocenters. The summed E-state index contributed by atoms with van der Waals surface area (Å²) in [7, 11) is 0. The number of aliphatic hydroxyl groups is 2. The van der Waals surface area contributed by atoms with Crippen molar-refractivity contribution >= 4 is 11.9 Å². The van der Waals surface area contributed by atoms with Crippen molar-refractivity contribution < 1.29 is 24.5 Å². The van der Waals surface area contributed by atoms with Crippen LogP contribution in [0.5, 0.6) is 0 Å². The van der Waals surface area contributed by atoms with Gasteiger partial charge in [-0.25, -0.2) is 0 Å². The molecule has 0 radical (unpaired) electrons. The molecule has 0 fully saturated rings. The highest BCUT2D eigenvalue weighted by Gasteiger charge is 2.20. The highest BCUT2D eigenvalue weighted by molar-refractivity contribution is 5.76. The number of amides is 1. The molecule has 88 heavy (non-hydrogen) atoms. The second-order valence-electron chi connectivity index (χ2n) is 28.1. The van der Waals surface area contributed by atoms with Gasteiger partial charge in [0.2, 0.25) is 5.91 Å². The van der Waals surface area contributed by atoms with Crippen molar-refractivity contribution in [2.45, 2.75) is 475 Å². The Kier molecular flexibility index (Phi) is 76.3. The number of carbonyl (C=O) groups is 2. The second kappa shape index (κ2) is 77.8. The fraction of sp³-hybridized carbons (Fsp3) is 0.927. The van der Waals surface area contributed by atoms with Gasteiger partial charge in [-0.15, -0.1) is 0 Å². The van der Waals surface area contributed by atoms with E-state index >= 15 is 0 Å². The van der Waals surface area contributed by atoms with Gasteiger partial charge in [-0.05, 0) is 77.0 Å². The van der Waals surface area contributed by atoms with Gasteiger partial charge >= 0.3 is 5.97 Å². The normalized spacial score (nSPS) is 12.5. The van der Waals surface area contributed by atoms with Gasteiger partial charge in [0.15, 0.2) is 0 Å². The van der Waals surface area contributed by atoms with E-state index < -0.39 is 12.1 Å². The molecule has 1 amide bonds. The Hall–Kier alpha value is -1.66. The fourth-order valence-corrected chi connectivity index (χ4v) is 13.0. The lowest BCUT2D eigenvalue weighted by Gasteiger charge is -2.22. The Morgan fingerprint density at radius 3 is 0.807 bits per heavy atom. The van der Waals surface area contributed by atoms with Crippen LogP contribution in [0.4, 0.5) is 0 Å². The van der Waals surface area contributed by atoms with Crippen LogP contribution >= 0.6 is 0 Å². The van der Waals surface area contributed by atoms with Gasteiger partial charge in [0, 0.05) is 12.8 Å². The van der Waals surface area contributed by atoms with Crippen molar-refractivity contribution in [2.24, 2.45) is 0 Å². The molecule has 0 bridgehead atoms. The SMILES string of the molecule is CCCCCCCC/C=C\CCCCCCCC(=O)OCCCCCCCCCCCCCC/C=C\CCCCCCCCCCCCCCCCCCC(=O)NC(CO)C(O)CCCCCCCCCCCCCCCCCCCCCCCCCC. The molecule has 0 saturated heterocycles. The van der Waals surface area contributed by atoms with Crippen molar-refractivity contribution in [1.29, 1.82) is 0 Å². The lowest BCUT2D eigenvalue weighted by molar-refractivity contribution is -0.143. The third-order valence-electron chi connectivity index (χ3n) is 19.2. The molecular weight excluding hydrogens is 1080 g/mol. The molecule has 0 heterocycles. The van der Waals surface area contributed by atoms with E-state index in [-0.39, 0.29) is 18.5 Å². The molecule has 0 spiro atoms. The number of esters is 1. The smallest absolute Gasteiger partial charge is 0.305 e. The number of nitrogens with one attached hydrogen (secondary N) is 1. The average Bonchev–Trinajstić information content (AvgIpc) is 3.59. The minimum Gasteiger partial charge on any atom is -0.466 e. The largest absolute Gasteiger partial charge is 0.466 e. The Morgan fingerprint density at radius 1 is 0.307 bits per heavy atom. The molecule has 0 rings (SSSR count). The number of carbonyl (C=O) groups excluding carboxylic acids is 2. The molecule has 0 aliphatic heterocycles. The van der Waals surface area contributed by atoms with Gasteiger partial charge in [-0.1, -0.05) is 398 Å². The summed E-state index contributed by atoms with van der Waals surface area (Å²) in [6.07, 6.45) is 99.9. The summed E-state index contributed by atoms with van der Waals surface area (Å²) >= 11 is 0. The van der Waals surface area contributed by atoms with E-state index in [4.69, 9.17) is 4.74 Å². The van der Waals surface area contributed by atoms with E-state index in [1.807, 2.05) is 0 Å². The van der Waals surface area contributed by atoms with Crippen molar-refractivity contribution in [3.63, 3.8) is 0 Å². The summed E-state index contributed by atoms with van der Waals surface area (Å²) in [6, 6.07) is -0.541. The summed E-state index contributed by atoms with van der Waals surface area (Å²) < 4.78 is 5.50. The first kappa shape index (κ1) is 86.3. The van der Waals surface area contributed by atoms with Crippen LogP contribution in [0.2, 0.25) is 0 Å². The van der Waals surface area contributed by atoms with Crippen LogP contribution in [-0.2, 0) is 14.3 Å². The number of aliphatic hydroxyl groups excluding tert-OH is 2. The zero-order chi connectivity index (χ0) is 63.5. The van der Waals surface area contributed by atoms with Crippen molar-refractivity contribution in [2.75, 3.05) is 13.2 Å². The number of hydrogen-bond acceptors (Lipinski definition) is 5. The molecule has 3 N–H and O–H groups in total. The first-order valence-corrected chi connectivity index (χ1v) is 40.6. The van der Waals surface area contributed by atoms with E-state index in [2.05, 4.69) is 43.5 Å². The maximum atomic E-state index is 12.6. The quantitative estimate of drug-likeness (QED) is 0.0320. The number of hydrogen-bond donors (Lipinski definition) is 3. The van der Waals surface area contributed by atoms with E-state index in [1.54, 1.807) is 0 Å². The minimum absolute atomic E-state index is 0.0113. The number of allylic oxidation sites excluding steroid dienone is 4. The van der Waals surface area contributed by atoms with Crippen LogP contribution in [0.25, 0.3) is 0 Å². The highest BCUT2D eigenvalue weighted by Crippen LogP contribution is 2.20. The van der Waals surface area contributed by atoms with Gasteiger partial charge in [0.05, 0.1) is 25.4 Å². The van der Waals surface area contributed by atoms with Crippen LogP contribution in [-0.4, -0.2) is 47.4 Å². The zero-order valence-corrected chi connectivity index (χ0v) is 60.0. The molecule has 2 unspecified atom stereocenters. The van der Waals surface area contributed by atoms with Crippen molar-refractivity contribution in [3.05, 3.63) is 24.3 Å². The van der Waals surface area contributed by atoms with Gasteiger partial charge < -0.3 is 20.3 Å². The molecular formula is C82H159NO5. The molecule has 522 valence electrons. The monoisotopic (exact) mass is 1240 g/mol. The van der Waals surface area contributed by atoms with Crippen LogP contribution in [0.15, 0.2) is 24.3 Å². The van der Waals surface area contributed by atoms with Gasteiger partial charge in [0.25, 0.3) is 0 Å². The molecule has 0 aromatic carbocycles. The molecule has 6 nitrogen and oxygen atoms in total. The van der Waals surface area contributed by atoms with Gasteiger partial charge in [0.1, 0.15) is 0 Å². The summed E-state index contributed by atoms with van der Waals surface area (Å²) in [4.78, 5) is 24.7. The highest BCUT2D eigenvalue weighted by atomic mass is 16.5. The van der Waals surface area contributed by atoms with Crippen molar-refractivity contribution in [3.8, 4) is 0 Å². The first-order valence-electron chi connectivity index (χ1n) is 40.6. The Labute approximate surface area is 551 Å². The minimum atomic E-state index is -0.664. The summed E-state index contributed by atoms with van der Waals surface area (Å²) in [5.74, 6) is -0.0151. The zero-order valence-electron chi connectivity index (χ0n) is 60.0. The van der Waals surface area contributed by atoms with Gasteiger partial charge in [-0.2, -0.15) is 0 Å². The van der Waals surface area contributed by atoms with Crippen LogP contribution < -0.4 is 5.32 Å². The third-order valence-corrected chi connectivity index (χ3v) is 19.2. The Bertz CT molecular complexity index is 1380. The maximum absolute atomic E-state index is 12.6. The third kappa shape index (κ3) is 73.4. The second-order valence-corrected chi connectivity index (χ2v) is 28.1. The van der Waals surface area contributed by atoms with E-state index in [0.717, 1.165) is 44.9 Å². The number of rotatable bonds is 77. The lowest BCUT2D eigenvalue weighted by Crippen LogP contribution is -2.45. The molecule has 0 aliphatic carbocycles. The molecule has 0 aromatic rings. The lowest BCUT2D eigenvalue weighted by atomic mass is 10.0. The molecule has 0 aliphatic rings. The predicted molar refractivity (Wildman–Crippen MR) is 389 cm³/mol. The van der Waals surface area contributed by atoms with Crippen LogP contribution in [0.1, 0.15) is 463 Å². The van der Waals surface area contributed by atoms with Gasteiger partial charge in [-0.3, -0.25) is 9.59 Å². The Morgan fingerprint density at radius 2 is 0.534 bits per heavy atom. The standard InChI is InChI=1S/C82H159NO5/c1-3-5-7-9-11-13-15-17-19-20-21-22-23-34-37-40-43-47-50-54-58-62-66-70-74-80(85)79(78-84)83-81(86)75-71-67-63-59-55-51-48-44-41-38-35-32-30-28-26-24-25-27-29-31-33-36-39-42-45-49-53-57-61-65-69-73-77-88-82(87)76-72-68-64-60-56-52-46-18-16-14-12-10-8-6-4-2/h18,27,29,46,79-80,84-85H,3-17,19-26,28,30-45,47-78H2,1-2H3,(H,83,86)/b29-27-,46-18-. The van der Waals surface area contributed by atoms with Crippen molar-refractivity contribution in [1.82, 2.24) is 5.32 Å².